The average molecular weight is 527 g/mol. The zero-order valence-electron chi connectivity index (χ0n) is 22.5. The molecule has 0 aliphatic carbocycles. The number of hydrogen-bond donors (Lipinski definition) is 5. The first kappa shape index (κ1) is 30.3. The number of benzene rings is 1. The highest BCUT2D eigenvalue weighted by molar-refractivity contribution is 6.00. The summed E-state index contributed by atoms with van der Waals surface area (Å²) in [5.41, 5.74) is 0.595. The third-order valence-electron chi connectivity index (χ3n) is 5.98. The Morgan fingerprint density at radius 3 is 2.18 bits per heavy atom. The van der Waals surface area contributed by atoms with Crippen LogP contribution in [-0.4, -0.2) is 63.1 Å². The number of phenols is 1. The molecular weight excluding hydrogens is 488 g/mol. The maximum absolute atomic E-state index is 13.1. The summed E-state index contributed by atoms with van der Waals surface area (Å²) < 4.78 is 1.40. The number of allylic oxidation sites excluding steroid dienone is 1. The Kier molecular flexibility index (Phi) is 11.3. The summed E-state index contributed by atoms with van der Waals surface area (Å²) in [7, 11) is 0. The number of aromatic hydroxyl groups is 1. The van der Waals surface area contributed by atoms with E-state index in [4.69, 9.17) is 0 Å². The molecule has 0 radical (unpaired) electrons. The van der Waals surface area contributed by atoms with Crippen molar-refractivity contribution in [2.24, 2.45) is 11.8 Å². The molecule has 2 rings (SSSR count). The highest BCUT2D eigenvalue weighted by Crippen LogP contribution is 2.20. The third-order valence-corrected chi connectivity index (χ3v) is 5.98. The molecule has 10 heteroatoms. The Morgan fingerprint density at radius 2 is 1.61 bits per heavy atom. The summed E-state index contributed by atoms with van der Waals surface area (Å²) in [6.45, 7) is 8.34. The number of phenolic OH excluding ortho intramolecular Hbond substituents is 1. The van der Waals surface area contributed by atoms with Crippen LogP contribution in [0.1, 0.15) is 54.8 Å². The van der Waals surface area contributed by atoms with Crippen molar-refractivity contribution in [3.8, 4) is 5.75 Å². The molecule has 0 bridgehead atoms. The Morgan fingerprint density at radius 1 is 0.947 bits per heavy atom. The van der Waals surface area contributed by atoms with E-state index in [0.29, 0.717) is 12.0 Å². The Hall–Kier alpha value is -3.92. The maximum Gasteiger partial charge on any atom is 0.254 e. The van der Waals surface area contributed by atoms with Crippen molar-refractivity contribution in [2.45, 2.75) is 59.2 Å². The quantitative estimate of drug-likeness (QED) is 0.268. The molecule has 38 heavy (non-hydrogen) atoms. The van der Waals surface area contributed by atoms with Crippen molar-refractivity contribution in [1.82, 2.24) is 20.5 Å². The zero-order valence-corrected chi connectivity index (χ0v) is 22.5. The molecule has 0 aliphatic heterocycles. The Labute approximate surface area is 223 Å². The van der Waals surface area contributed by atoms with Crippen molar-refractivity contribution < 1.29 is 29.4 Å². The fourth-order valence-electron chi connectivity index (χ4n) is 3.82. The van der Waals surface area contributed by atoms with Gasteiger partial charge in [0.25, 0.3) is 11.8 Å². The van der Waals surface area contributed by atoms with Gasteiger partial charge in [-0.25, -0.2) is 0 Å². The molecule has 1 aromatic heterocycles. The molecule has 1 heterocycles. The van der Waals surface area contributed by atoms with Crippen molar-refractivity contribution in [3.63, 3.8) is 0 Å². The number of carbonyl (C=O) groups excluding carboxylic acids is 4. The van der Waals surface area contributed by atoms with Gasteiger partial charge in [0.15, 0.2) is 0 Å². The molecule has 0 saturated carbocycles. The van der Waals surface area contributed by atoms with Crippen LogP contribution in [-0.2, 0) is 9.59 Å². The average Bonchev–Trinajstić information content (AvgIpc) is 3.40. The molecular formula is C28H38N4O6. The van der Waals surface area contributed by atoms with E-state index in [1.54, 1.807) is 51.4 Å². The zero-order chi connectivity index (χ0) is 28.4. The smallest absolute Gasteiger partial charge is 0.254 e. The van der Waals surface area contributed by atoms with E-state index in [1.807, 2.05) is 13.8 Å². The lowest BCUT2D eigenvalue weighted by Crippen LogP contribution is -2.57. The van der Waals surface area contributed by atoms with Crippen molar-refractivity contribution in [3.05, 3.63) is 66.0 Å². The van der Waals surface area contributed by atoms with Crippen molar-refractivity contribution in [2.75, 3.05) is 6.61 Å². The monoisotopic (exact) mass is 526 g/mol. The van der Waals surface area contributed by atoms with Crippen LogP contribution < -0.4 is 16.0 Å². The molecule has 5 N–H and O–H groups in total. The van der Waals surface area contributed by atoms with Gasteiger partial charge in [0.1, 0.15) is 17.8 Å². The largest absolute Gasteiger partial charge is 0.508 e. The van der Waals surface area contributed by atoms with Crippen LogP contribution >= 0.6 is 0 Å². The van der Waals surface area contributed by atoms with Crippen molar-refractivity contribution in [1.29, 1.82) is 0 Å². The molecule has 2 aromatic rings. The van der Waals surface area contributed by atoms with Gasteiger partial charge in [0, 0.05) is 35.6 Å². The van der Waals surface area contributed by atoms with E-state index in [9.17, 15) is 29.4 Å². The van der Waals surface area contributed by atoms with Crippen LogP contribution in [0, 0.1) is 18.8 Å². The fraction of sp³-hybridized carbons (Fsp3) is 0.429. The summed E-state index contributed by atoms with van der Waals surface area (Å²) >= 11 is 0. The van der Waals surface area contributed by atoms with E-state index >= 15 is 0 Å². The van der Waals surface area contributed by atoms with E-state index in [0.717, 1.165) is 0 Å². The molecule has 1 aromatic carbocycles. The number of carbonyl (C=O) groups is 4. The maximum atomic E-state index is 13.1. The Balaban J connectivity index is 2.10. The number of aliphatic hydroxyl groups excluding tert-OH is 1. The predicted octanol–water partition coefficient (Wildman–Crippen LogP) is 2.16. The van der Waals surface area contributed by atoms with Gasteiger partial charge < -0.3 is 26.2 Å². The SMILES string of the molecule is Cc1c(O)cccc1C(=O)N[C@H](C(=O)N[C@@H](CO)C(=O)N[C@H](/C=C/C(=O)n1cccc1)CC(C)C)C(C)C. The van der Waals surface area contributed by atoms with Gasteiger partial charge in [-0.1, -0.05) is 39.8 Å². The first-order chi connectivity index (χ1) is 17.9. The third kappa shape index (κ3) is 8.58. The van der Waals surface area contributed by atoms with Gasteiger partial charge >= 0.3 is 0 Å². The van der Waals surface area contributed by atoms with E-state index in [-0.39, 0.29) is 29.1 Å². The van der Waals surface area contributed by atoms with Crippen LogP contribution in [0.4, 0.5) is 0 Å². The summed E-state index contributed by atoms with van der Waals surface area (Å²) in [6.07, 6.45) is 6.72. The van der Waals surface area contributed by atoms with Gasteiger partial charge in [-0.3, -0.25) is 23.7 Å². The molecule has 3 amide bonds. The number of nitrogens with zero attached hydrogens (tertiary/aromatic N) is 1. The topological polar surface area (TPSA) is 150 Å². The summed E-state index contributed by atoms with van der Waals surface area (Å²) in [4.78, 5) is 51.2. The van der Waals surface area contributed by atoms with Crippen LogP contribution in [0.5, 0.6) is 5.75 Å². The summed E-state index contributed by atoms with van der Waals surface area (Å²) in [6, 6.07) is 5.19. The molecule has 0 aliphatic rings. The number of amides is 3. The second kappa shape index (κ2) is 14.1. The number of hydrogen-bond acceptors (Lipinski definition) is 6. The minimum Gasteiger partial charge on any atom is -0.508 e. The normalized spacial score (nSPS) is 13.8. The van der Waals surface area contributed by atoms with Crippen molar-refractivity contribution >= 4 is 23.6 Å². The van der Waals surface area contributed by atoms with E-state index in [1.165, 1.54) is 28.8 Å². The van der Waals surface area contributed by atoms with Gasteiger partial charge in [0.2, 0.25) is 11.8 Å². The first-order valence-corrected chi connectivity index (χ1v) is 12.6. The summed E-state index contributed by atoms with van der Waals surface area (Å²) in [5, 5.41) is 27.7. The van der Waals surface area contributed by atoms with Crippen LogP contribution in [0.2, 0.25) is 0 Å². The molecule has 10 nitrogen and oxygen atoms in total. The minimum atomic E-state index is -1.27. The second-order valence-electron chi connectivity index (χ2n) is 9.92. The molecule has 0 unspecified atom stereocenters. The molecule has 0 spiro atoms. The highest BCUT2D eigenvalue weighted by Gasteiger charge is 2.30. The van der Waals surface area contributed by atoms with Gasteiger partial charge in [-0.15, -0.1) is 0 Å². The van der Waals surface area contributed by atoms with Gasteiger partial charge in [0.05, 0.1) is 6.61 Å². The minimum absolute atomic E-state index is 0.0414. The van der Waals surface area contributed by atoms with Gasteiger partial charge in [-0.2, -0.15) is 0 Å². The van der Waals surface area contributed by atoms with Crippen LogP contribution in [0.15, 0.2) is 54.9 Å². The van der Waals surface area contributed by atoms with E-state index < -0.39 is 42.5 Å². The molecule has 0 fully saturated rings. The predicted molar refractivity (Wildman–Crippen MR) is 144 cm³/mol. The lowest BCUT2D eigenvalue weighted by molar-refractivity contribution is -0.131. The highest BCUT2D eigenvalue weighted by atomic mass is 16.3. The molecule has 0 saturated heterocycles. The summed E-state index contributed by atoms with van der Waals surface area (Å²) in [5.74, 6) is -2.28. The number of nitrogens with one attached hydrogen (secondary N) is 3. The van der Waals surface area contributed by atoms with Crippen LogP contribution in [0.25, 0.3) is 0 Å². The standard InChI is InChI=1S/C28H38N4O6/c1-17(2)15-20(11-12-24(35)32-13-6-7-14-32)29-27(37)22(16-33)30-28(38)25(18(3)4)31-26(36)21-9-8-10-23(34)19(21)5/h6-14,17-18,20,22,25,33-34H,15-16H2,1-5H3,(H,29,37)(H,30,38)(H,31,36)/b12-11+/t20-,22+,25+/m1/s1. The van der Waals surface area contributed by atoms with Gasteiger partial charge in [-0.05, 0) is 49.4 Å². The molecule has 3 atom stereocenters. The van der Waals surface area contributed by atoms with E-state index in [2.05, 4.69) is 16.0 Å². The van der Waals surface area contributed by atoms with Crippen LogP contribution in [0.3, 0.4) is 0 Å². The number of aliphatic hydroxyl groups is 1. The fourth-order valence-corrected chi connectivity index (χ4v) is 3.82. The lowest BCUT2D eigenvalue weighted by Gasteiger charge is -2.26. The second-order valence-corrected chi connectivity index (χ2v) is 9.92. The first-order valence-electron chi connectivity index (χ1n) is 12.6. The molecule has 206 valence electrons. The lowest BCUT2D eigenvalue weighted by atomic mass is 10.0. The number of aromatic nitrogens is 1. The number of rotatable bonds is 12. The Bertz CT molecular complexity index is 1140.